The zero-order chi connectivity index (χ0) is 20.8. The quantitative estimate of drug-likeness (QED) is 0.692. The van der Waals surface area contributed by atoms with Gasteiger partial charge in [0, 0.05) is 26.2 Å². The zero-order valence-electron chi connectivity index (χ0n) is 17.7. The van der Waals surface area contributed by atoms with E-state index in [2.05, 4.69) is 0 Å². The van der Waals surface area contributed by atoms with Crippen LogP contribution < -0.4 is 9.47 Å². The smallest absolute Gasteiger partial charge is 0.254 e. The first-order valence-electron chi connectivity index (χ1n) is 9.73. The predicted octanol–water partition coefficient (Wildman–Crippen LogP) is 3.82. The van der Waals surface area contributed by atoms with Gasteiger partial charge in [0.05, 0.1) is 25.3 Å². The third-order valence-corrected chi connectivity index (χ3v) is 5.04. The van der Waals surface area contributed by atoms with Crippen LogP contribution in [-0.4, -0.2) is 62.0 Å². The Bertz CT molecular complexity index is 785. The Morgan fingerprint density at radius 1 is 0.679 bits per heavy atom. The molecule has 0 N–H and O–H groups in total. The minimum Gasteiger partial charge on any atom is -0.493 e. The highest BCUT2D eigenvalue weighted by molar-refractivity contribution is 6.11. The monoisotopic (exact) mass is 386 g/mol. The summed E-state index contributed by atoms with van der Waals surface area (Å²) in [6, 6.07) is 7.24. The average molecular weight is 386 g/mol. The van der Waals surface area contributed by atoms with E-state index in [0.717, 1.165) is 10.8 Å². The fourth-order valence-corrected chi connectivity index (χ4v) is 3.34. The third kappa shape index (κ3) is 4.06. The molecule has 0 fully saturated rings. The van der Waals surface area contributed by atoms with Crippen molar-refractivity contribution >= 4 is 22.6 Å². The number of fused-ring (bicyclic) bond motifs is 1. The highest BCUT2D eigenvalue weighted by Gasteiger charge is 2.24. The van der Waals surface area contributed by atoms with E-state index in [1.54, 1.807) is 36.2 Å². The van der Waals surface area contributed by atoms with Crippen molar-refractivity contribution in [2.45, 2.75) is 27.7 Å². The van der Waals surface area contributed by atoms with Gasteiger partial charge in [0.25, 0.3) is 11.8 Å². The first kappa shape index (κ1) is 21.5. The van der Waals surface area contributed by atoms with Gasteiger partial charge in [0.1, 0.15) is 0 Å². The molecular weight excluding hydrogens is 356 g/mol. The lowest BCUT2D eigenvalue weighted by atomic mass is 9.98. The van der Waals surface area contributed by atoms with Gasteiger partial charge in [0.2, 0.25) is 0 Å². The number of methoxy groups -OCH3 is 2. The lowest BCUT2D eigenvalue weighted by Gasteiger charge is -2.24. The lowest BCUT2D eigenvalue weighted by Crippen LogP contribution is -2.35. The summed E-state index contributed by atoms with van der Waals surface area (Å²) in [4.78, 5) is 29.8. The molecule has 0 saturated heterocycles. The van der Waals surface area contributed by atoms with Gasteiger partial charge in [-0.1, -0.05) is 0 Å². The number of hydrogen-bond donors (Lipinski definition) is 0. The molecule has 28 heavy (non-hydrogen) atoms. The second kappa shape index (κ2) is 9.44. The van der Waals surface area contributed by atoms with Crippen molar-refractivity contribution in [3.63, 3.8) is 0 Å². The second-order valence-corrected chi connectivity index (χ2v) is 6.41. The molecule has 0 saturated carbocycles. The van der Waals surface area contributed by atoms with Gasteiger partial charge in [-0.15, -0.1) is 0 Å². The van der Waals surface area contributed by atoms with E-state index in [9.17, 15) is 9.59 Å². The summed E-state index contributed by atoms with van der Waals surface area (Å²) in [6.45, 7) is 10.1. The zero-order valence-corrected chi connectivity index (χ0v) is 17.7. The Hall–Kier alpha value is -2.76. The Morgan fingerprint density at radius 3 is 1.25 bits per heavy atom. The number of carbonyl (C=O) groups is 2. The van der Waals surface area contributed by atoms with Crippen molar-refractivity contribution in [2.75, 3.05) is 40.4 Å². The van der Waals surface area contributed by atoms with Crippen LogP contribution in [-0.2, 0) is 0 Å². The molecule has 152 valence electrons. The van der Waals surface area contributed by atoms with Crippen LogP contribution in [0.15, 0.2) is 24.3 Å². The van der Waals surface area contributed by atoms with E-state index in [4.69, 9.17) is 9.47 Å². The Morgan fingerprint density at radius 2 is 1.00 bits per heavy atom. The molecule has 0 bridgehead atoms. The second-order valence-electron chi connectivity index (χ2n) is 6.41. The Balaban J connectivity index is 2.76. The van der Waals surface area contributed by atoms with Crippen LogP contribution >= 0.6 is 0 Å². The maximum absolute atomic E-state index is 13.2. The van der Waals surface area contributed by atoms with E-state index in [1.807, 2.05) is 39.8 Å². The van der Waals surface area contributed by atoms with E-state index < -0.39 is 0 Å². The lowest BCUT2D eigenvalue weighted by molar-refractivity contribution is 0.0734. The van der Waals surface area contributed by atoms with Crippen LogP contribution in [0.25, 0.3) is 10.8 Å². The summed E-state index contributed by atoms with van der Waals surface area (Å²) >= 11 is 0. The van der Waals surface area contributed by atoms with Crippen LogP contribution in [0.2, 0.25) is 0 Å². The molecule has 0 aliphatic rings. The van der Waals surface area contributed by atoms with Crippen molar-refractivity contribution in [1.29, 1.82) is 0 Å². The number of ether oxygens (including phenoxy) is 2. The average Bonchev–Trinajstić information content (AvgIpc) is 2.73. The van der Waals surface area contributed by atoms with Gasteiger partial charge in [-0.05, 0) is 62.7 Å². The maximum atomic E-state index is 13.2. The van der Waals surface area contributed by atoms with Crippen LogP contribution in [0, 0.1) is 0 Å². The van der Waals surface area contributed by atoms with Crippen molar-refractivity contribution < 1.29 is 19.1 Å². The van der Waals surface area contributed by atoms with Crippen molar-refractivity contribution in [3.8, 4) is 11.5 Å². The molecule has 2 aromatic rings. The van der Waals surface area contributed by atoms with Gasteiger partial charge in [0.15, 0.2) is 11.5 Å². The molecule has 0 heterocycles. The molecule has 6 nitrogen and oxygen atoms in total. The van der Waals surface area contributed by atoms with Crippen LogP contribution in [0.5, 0.6) is 11.5 Å². The molecule has 2 rings (SSSR count). The third-order valence-electron chi connectivity index (χ3n) is 5.04. The van der Waals surface area contributed by atoms with Crippen molar-refractivity contribution in [3.05, 3.63) is 35.4 Å². The predicted molar refractivity (Wildman–Crippen MR) is 112 cm³/mol. The topological polar surface area (TPSA) is 59.1 Å². The van der Waals surface area contributed by atoms with Gasteiger partial charge in [-0.25, -0.2) is 0 Å². The highest BCUT2D eigenvalue weighted by Crippen LogP contribution is 2.34. The van der Waals surface area contributed by atoms with Gasteiger partial charge in [-0.3, -0.25) is 9.59 Å². The SMILES string of the molecule is CCN(CC)C(=O)c1cc2cc(OC)c(OC)cc2cc1C(=O)N(CC)CC. The number of benzene rings is 2. The number of amides is 2. The van der Waals surface area contributed by atoms with Gasteiger partial charge < -0.3 is 19.3 Å². The summed E-state index contributed by atoms with van der Waals surface area (Å²) in [6.07, 6.45) is 0. The standard InChI is InChI=1S/C22H30N2O4/c1-7-23(8-2)21(25)17-11-15-13-19(27-5)20(28-6)14-16(15)12-18(17)22(26)24(9-3)10-4/h11-14H,7-10H2,1-6H3. The summed E-state index contributed by atoms with van der Waals surface area (Å²) in [7, 11) is 3.15. The first-order valence-corrected chi connectivity index (χ1v) is 9.73. The number of hydrogen-bond acceptors (Lipinski definition) is 4. The maximum Gasteiger partial charge on any atom is 0.254 e. The fourth-order valence-electron chi connectivity index (χ4n) is 3.34. The molecule has 6 heteroatoms. The summed E-state index contributed by atoms with van der Waals surface area (Å²) in [5.41, 5.74) is 0.834. The van der Waals surface area contributed by atoms with Crippen LogP contribution in [0.1, 0.15) is 48.4 Å². The summed E-state index contributed by atoms with van der Waals surface area (Å²) in [5.74, 6) is 0.882. The molecule has 0 unspecified atom stereocenters. The molecule has 0 aromatic heterocycles. The summed E-state index contributed by atoms with van der Waals surface area (Å²) < 4.78 is 10.8. The van der Waals surface area contributed by atoms with Crippen molar-refractivity contribution in [1.82, 2.24) is 9.80 Å². The molecule has 2 amide bonds. The van der Waals surface area contributed by atoms with E-state index in [-0.39, 0.29) is 11.8 Å². The largest absolute Gasteiger partial charge is 0.493 e. The molecule has 0 aliphatic heterocycles. The Kier molecular flexibility index (Phi) is 7.26. The van der Waals surface area contributed by atoms with Gasteiger partial charge in [-0.2, -0.15) is 0 Å². The molecular formula is C22H30N2O4. The van der Waals surface area contributed by atoms with E-state index in [0.29, 0.717) is 48.8 Å². The molecule has 2 aromatic carbocycles. The molecule has 0 spiro atoms. The fraction of sp³-hybridized carbons (Fsp3) is 0.455. The highest BCUT2D eigenvalue weighted by atomic mass is 16.5. The molecule has 0 atom stereocenters. The normalized spacial score (nSPS) is 10.6. The Labute approximate surface area is 167 Å². The molecule has 0 aliphatic carbocycles. The number of carbonyl (C=O) groups excluding carboxylic acids is 2. The molecule has 0 radical (unpaired) electrons. The van der Waals surface area contributed by atoms with E-state index >= 15 is 0 Å². The minimum atomic E-state index is -0.141. The number of nitrogens with zero attached hydrogens (tertiary/aromatic N) is 2. The van der Waals surface area contributed by atoms with Crippen LogP contribution in [0.4, 0.5) is 0 Å². The van der Waals surface area contributed by atoms with Crippen molar-refractivity contribution in [2.24, 2.45) is 0 Å². The number of rotatable bonds is 8. The first-order chi connectivity index (χ1) is 13.4. The summed E-state index contributed by atoms with van der Waals surface area (Å²) in [5, 5.41) is 1.65. The van der Waals surface area contributed by atoms with Crippen LogP contribution in [0.3, 0.4) is 0 Å². The van der Waals surface area contributed by atoms with E-state index in [1.165, 1.54) is 0 Å². The van der Waals surface area contributed by atoms with Gasteiger partial charge >= 0.3 is 0 Å². The minimum absolute atomic E-state index is 0.141.